The molecule has 0 aromatic heterocycles. The molecule has 2 aliphatic carbocycles. The van der Waals surface area contributed by atoms with Gasteiger partial charge in [0.2, 0.25) is 0 Å². The molecule has 6 atom stereocenters. The van der Waals surface area contributed by atoms with Crippen LogP contribution in [-0.4, -0.2) is 35.4 Å². The van der Waals surface area contributed by atoms with Gasteiger partial charge in [0, 0.05) is 24.7 Å². The first-order valence-corrected chi connectivity index (χ1v) is 8.07. The molecule has 22 heavy (non-hydrogen) atoms. The van der Waals surface area contributed by atoms with Crippen molar-refractivity contribution in [3.63, 3.8) is 0 Å². The van der Waals surface area contributed by atoms with Crippen molar-refractivity contribution in [1.82, 2.24) is 0 Å². The highest BCUT2D eigenvalue weighted by atomic mass is 16.6. The molecule has 1 saturated heterocycles. The number of rotatable bonds is 2. The maximum absolute atomic E-state index is 11.9. The van der Waals surface area contributed by atoms with Gasteiger partial charge in [0.05, 0.1) is 5.92 Å². The van der Waals surface area contributed by atoms with Crippen molar-refractivity contribution in [3.05, 3.63) is 12.2 Å². The fourth-order valence-corrected chi connectivity index (χ4v) is 4.59. The number of carbonyl (C=O) groups is 2. The highest BCUT2D eigenvalue weighted by molar-refractivity contribution is 5.75. The van der Waals surface area contributed by atoms with Gasteiger partial charge in [-0.3, -0.25) is 9.59 Å². The van der Waals surface area contributed by atoms with E-state index < -0.39 is 5.60 Å². The Balaban J connectivity index is 1.90. The van der Waals surface area contributed by atoms with Crippen molar-refractivity contribution >= 4 is 11.9 Å². The summed E-state index contributed by atoms with van der Waals surface area (Å²) >= 11 is 0. The van der Waals surface area contributed by atoms with E-state index in [1.54, 1.807) is 0 Å². The van der Waals surface area contributed by atoms with Gasteiger partial charge in [-0.05, 0) is 25.7 Å². The van der Waals surface area contributed by atoms with Crippen molar-refractivity contribution in [3.8, 4) is 0 Å². The molecule has 5 heteroatoms. The molecule has 2 saturated carbocycles. The number of fused-ring (bicyclic) bond motifs is 3. The highest BCUT2D eigenvalue weighted by Crippen LogP contribution is 2.54. The molecule has 122 valence electrons. The summed E-state index contributed by atoms with van der Waals surface area (Å²) in [6, 6.07) is 0. The first-order chi connectivity index (χ1) is 10.3. The number of esters is 2. The van der Waals surface area contributed by atoms with Crippen molar-refractivity contribution in [2.75, 3.05) is 6.61 Å². The molecule has 0 spiro atoms. The zero-order valence-corrected chi connectivity index (χ0v) is 13.2. The minimum absolute atomic E-state index is 0.0124. The third-order valence-electron chi connectivity index (χ3n) is 5.85. The van der Waals surface area contributed by atoms with Crippen molar-refractivity contribution in [2.24, 2.45) is 23.7 Å². The Labute approximate surface area is 130 Å². The van der Waals surface area contributed by atoms with Crippen molar-refractivity contribution < 1.29 is 24.2 Å². The van der Waals surface area contributed by atoms with Crippen LogP contribution in [0.4, 0.5) is 0 Å². The third kappa shape index (κ3) is 2.35. The van der Waals surface area contributed by atoms with Gasteiger partial charge in [0.15, 0.2) is 0 Å². The van der Waals surface area contributed by atoms with Crippen LogP contribution in [0, 0.1) is 23.7 Å². The molecule has 0 radical (unpaired) electrons. The lowest BCUT2D eigenvalue weighted by molar-refractivity contribution is -0.156. The number of hydrogen-bond donors (Lipinski definition) is 1. The number of ether oxygens (including phenoxy) is 2. The molecule has 0 amide bonds. The second-order valence-electron chi connectivity index (χ2n) is 7.11. The number of hydrogen-bond acceptors (Lipinski definition) is 5. The van der Waals surface area contributed by atoms with Gasteiger partial charge >= 0.3 is 11.9 Å². The summed E-state index contributed by atoms with van der Waals surface area (Å²) in [5, 5.41) is 11.1. The van der Waals surface area contributed by atoms with Gasteiger partial charge in [-0.1, -0.05) is 19.1 Å². The number of carbonyl (C=O) groups excluding carboxylic acids is 2. The van der Waals surface area contributed by atoms with E-state index in [4.69, 9.17) is 9.47 Å². The lowest BCUT2D eigenvalue weighted by Gasteiger charge is -2.36. The number of aliphatic hydroxyl groups is 1. The fourth-order valence-electron chi connectivity index (χ4n) is 4.59. The second kappa shape index (κ2) is 5.37. The van der Waals surface area contributed by atoms with Gasteiger partial charge in [-0.15, -0.1) is 0 Å². The summed E-state index contributed by atoms with van der Waals surface area (Å²) in [5.74, 6) is -0.643. The maximum atomic E-state index is 11.9. The Morgan fingerprint density at radius 3 is 2.91 bits per heavy atom. The summed E-state index contributed by atoms with van der Waals surface area (Å²) in [7, 11) is 0. The van der Waals surface area contributed by atoms with E-state index in [0.29, 0.717) is 12.8 Å². The van der Waals surface area contributed by atoms with Gasteiger partial charge in [-0.25, -0.2) is 0 Å². The molecular weight excluding hydrogens is 284 g/mol. The molecule has 1 aliphatic heterocycles. The van der Waals surface area contributed by atoms with Crippen molar-refractivity contribution in [2.45, 2.75) is 51.2 Å². The van der Waals surface area contributed by atoms with Gasteiger partial charge in [0.1, 0.15) is 18.3 Å². The molecule has 3 aliphatic rings. The van der Waals surface area contributed by atoms with Crippen LogP contribution in [0.3, 0.4) is 0 Å². The van der Waals surface area contributed by atoms with Crippen LogP contribution in [0.2, 0.25) is 0 Å². The van der Waals surface area contributed by atoms with E-state index in [-0.39, 0.29) is 48.3 Å². The molecule has 0 aromatic rings. The minimum atomic E-state index is -1.05. The molecule has 1 N–H and O–H groups in total. The van der Waals surface area contributed by atoms with Gasteiger partial charge in [0.25, 0.3) is 0 Å². The Morgan fingerprint density at radius 2 is 2.23 bits per heavy atom. The summed E-state index contributed by atoms with van der Waals surface area (Å²) in [5.41, 5.74) is -0.00302. The van der Waals surface area contributed by atoms with Gasteiger partial charge < -0.3 is 14.6 Å². The quantitative estimate of drug-likeness (QED) is 0.622. The topological polar surface area (TPSA) is 72.8 Å². The van der Waals surface area contributed by atoms with E-state index in [9.17, 15) is 14.7 Å². The van der Waals surface area contributed by atoms with Crippen LogP contribution >= 0.6 is 0 Å². The molecular formula is C17H24O5. The summed E-state index contributed by atoms with van der Waals surface area (Å²) in [4.78, 5) is 23.1. The van der Waals surface area contributed by atoms with Crippen LogP contribution in [0.1, 0.15) is 39.5 Å². The Hall–Kier alpha value is -1.36. The Bertz CT molecular complexity index is 513. The fraction of sp³-hybridized carbons (Fsp3) is 0.765. The van der Waals surface area contributed by atoms with E-state index in [1.165, 1.54) is 6.92 Å². The molecule has 5 nitrogen and oxygen atoms in total. The van der Waals surface area contributed by atoms with E-state index >= 15 is 0 Å². The first-order valence-electron chi connectivity index (χ1n) is 8.07. The average Bonchev–Trinajstić information content (AvgIpc) is 2.93. The van der Waals surface area contributed by atoms with Crippen molar-refractivity contribution in [1.29, 1.82) is 0 Å². The van der Waals surface area contributed by atoms with Gasteiger partial charge in [-0.2, -0.15) is 0 Å². The second-order valence-corrected chi connectivity index (χ2v) is 7.11. The van der Waals surface area contributed by atoms with Crippen LogP contribution < -0.4 is 0 Å². The standard InChI is InChI=1S/C17H24O5/c1-9-4-5-13-14(9)15-12(10(2)16(19)22-15)6-7-17(13,20)8-21-11(3)18/h10,12-15,20H,1,4-8H2,2-3H3. The third-order valence-corrected chi connectivity index (χ3v) is 5.85. The van der Waals surface area contributed by atoms with Crippen LogP contribution in [0.15, 0.2) is 12.2 Å². The minimum Gasteiger partial charge on any atom is -0.463 e. The monoisotopic (exact) mass is 308 g/mol. The normalized spacial score (nSPS) is 44.0. The first kappa shape index (κ1) is 15.5. The zero-order chi connectivity index (χ0) is 16.1. The Kier molecular flexibility index (Phi) is 3.79. The van der Waals surface area contributed by atoms with Crippen LogP contribution in [-0.2, 0) is 19.1 Å². The summed E-state index contributed by atoms with van der Waals surface area (Å²) in [6.07, 6.45) is 2.67. The molecule has 0 bridgehead atoms. The molecule has 1 heterocycles. The molecule has 3 fully saturated rings. The highest BCUT2D eigenvalue weighted by Gasteiger charge is 2.57. The van der Waals surface area contributed by atoms with E-state index in [1.807, 2.05) is 6.92 Å². The zero-order valence-electron chi connectivity index (χ0n) is 13.2. The Morgan fingerprint density at radius 1 is 1.50 bits per heavy atom. The molecule has 0 aromatic carbocycles. The van der Waals surface area contributed by atoms with E-state index in [2.05, 4.69) is 6.58 Å². The molecule has 6 unspecified atom stereocenters. The predicted octanol–water partition coefficient (Wildman–Crippen LogP) is 1.83. The summed E-state index contributed by atoms with van der Waals surface area (Å²) < 4.78 is 10.8. The predicted molar refractivity (Wildman–Crippen MR) is 78.7 cm³/mol. The van der Waals surface area contributed by atoms with E-state index in [0.717, 1.165) is 18.4 Å². The average molecular weight is 308 g/mol. The smallest absolute Gasteiger partial charge is 0.309 e. The lowest BCUT2D eigenvalue weighted by atomic mass is 9.77. The summed E-state index contributed by atoms with van der Waals surface area (Å²) in [6.45, 7) is 7.40. The van der Waals surface area contributed by atoms with Crippen LogP contribution in [0.5, 0.6) is 0 Å². The largest absolute Gasteiger partial charge is 0.463 e. The lowest BCUT2D eigenvalue weighted by Crippen LogP contribution is -2.45. The maximum Gasteiger partial charge on any atom is 0.309 e. The SMILES string of the molecule is C=C1CCC2C1C1OC(=O)C(C)C1CCC2(O)COC(C)=O. The van der Waals surface area contributed by atoms with Crippen LogP contribution in [0.25, 0.3) is 0 Å². The molecule has 3 rings (SSSR count).